The fourth-order valence-corrected chi connectivity index (χ4v) is 2.80. The number of nitrogens with zero attached hydrogens (tertiary/aromatic N) is 2. The predicted molar refractivity (Wildman–Crippen MR) is 97.0 cm³/mol. The minimum absolute atomic E-state index is 0.105. The van der Waals surface area contributed by atoms with E-state index >= 15 is 0 Å². The van der Waals surface area contributed by atoms with Gasteiger partial charge >= 0.3 is 0 Å². The van der Waals surface area contributed by atoms with Crippen molar-refractivity contribution in [3.63, 3.8) is 0 Å². The molecule has 1 N–H and O–H groups in total. The first-order valence-corrected chi connectivity index (χ1v) is 8.15. The summed E-state index contributed by atoms with van der Waals surface area (Å²) in [6.45, 7) is 7.08. The van der Waals surface area contributed by atoms with Crippen molar-refractivity contribution in [1.29, 1.82) is 0 Å². The van der Waals surface area contributed by atoms with Gasteiger partial charge in [0, 0.05) is 19.0 Å². The van der Waals surface area contributed by atoms with Crippen LogP contribution in [0.25, 0.3) is 10.9 Å². The van der Waals surface area contributed by atoms with Gasteiger partial charge in [-0.25, -0.2) is 0 Å². The van der Waals surface area contributed by atoms with Gasteiger partial charge in [0.25, 0.3) is 5.91 Å². The lowest BCUT2D eigenvalue weighted by Crippen LogP contribution is -2.25. The minimum Gasteiger partial charge on any atom is -0.347 e. The number of benzene rings is 2. The number of aryl methyl sites for hydroxylation is 1. The number of fused-ring (bicyclic) bond motifs is 1. The molecular weight excluding hydrogens is 298 g/mol. The number of hydrogen-bond acceptors (Lipinski definition) is 2. The molecule has 1 aromatic heterocycles. The summed E-state index contributed by atoms with van der Waals surface area (Å²) >= 11 is 0. The number of nitrogens with one attached hydrogen (secondary N) is 1. The fourth-order valence-electron chi connectivity index (χ4n) is 2.80. The Balaban J connectivity index is 1.74. The van der Waals surface area contributed by atoms with E-state index in [1.54, 1.807) is 11.7 Å². The Morgan fingerprint density at radius 2 is 1.75 bits per heavy atom. The highest BCUT2D eigenvalue weighted by atomic mass is 16.2. The molecule has 0 aliphatic carbocycles. The van der Waals surface area contributed by atoms with E-state index in [1.807, 2.05) is 24.3 Å². The Morgan fingerprint density at radius 1 is 1.08 bits per heavy atom. The molecule has 0 unspecified atom stereocenters. The third-order valence-corrected chi connectivity index (χ3v) is 4.23. The number of carbonyl (C=O) groups excluding carboxylic acids is 1. The van der Waals surface area contributed by atoms with Gasteiger partial charge in [-0.15, -0.1) is 0 Å². The molecule has 0 atom stereocenters. The lowest BCUT2D eigenvalue weighted by molar-refractivity contribution is 0.0943. The van der Waals surface area contributed by atoms with Crippen LogP contribution in [0, 0.1) is 0 Å². The zero-order chi connectivity index (χ0) is 17.3. The fraction of sp³-hybridized carbons (Fsp3) is 0.300. The molecule has 2 aromatic carbocycles. The molecule has 4 heteroatoms. The van der Waals surface area contributed by atoms with Crippen LogP contribution in [0.15, 0.2) is 48.5 Å². The first-order valence-electron chi connectivity index (χ1n) is 8.15. The first-order chi connectivity index (χ1) is 11.4. The van der Waals surface area contributed by atoms with Crippen molar-refractivity contribution >= 4 is 16.8 Å². The van der Waals surface area contributed by atoms with Crippen LogP contribution in [0.3, 0.4) is 0 Å². The van der Waals surface area contributed by atoms with Crippen molar-refractivity contribution in [1.82, 2.24) is 15.1 Å². The lowest BCUT2D eigenvalue weighted by Gasteiger charge is -2.19. The zero-order valence-electron chi connectivity index (χ0n) is 14.6. The monoisotopic (exact) mass is 321 g/mol. The number of carbonyl (C=O) groups is 1. The number of rotatable bonds is 3. The summed E-state index contributed by atoms with van der Waals surface area (Å²) in [5.74, 6) is -0.105. The van der Waals surface area contributed by atoms with Gasteiger partial charge in [0.05, 0.1) is 5.52 Å². The van der Waals surface area contributed by atoms with Gasteiger partial charge in [-0.2, -0.15) is 5.10 Å². The maximum Gasteiger partial charge on any atom is 0.270 e. The van der Waals surface area contributed by atoms with E-state index in [2.05, 4.69) is 55.5 Å². The molecule has 24 heavy (non-hydrogen) atoms. The topological polar surface area (TPSA) is 46.9 Å². The van der Waals surface area contributed by atoms with Crippen LogP contribution in [0.4, 0.5) is 0 Å². The largest absolute Gasteiger partial charge is 0.347 e. The maximum atomic E-state index is 12.6. The summed E-state index contributed by atoms with van der Waals surface area (Å²) < 4.78 is 1.64. The third kappa shape index (κ3) is 3.18. The Kier molecular flexibility index (Phi) is 4.14. The van der Waals surface area contributed by atoms with E-state index in [4.69, 9.17) is 0 Å². The Labute approximate surface area is 142 Å². The van der Waals surface area contributed by atoms with Crippen LogP contribution >= 0.6 is 0 Å². The zero-order valence-corrected chi connectivity index (χ0v) is 14.6. The molecule has 0 radical (unpaired) electrons. The van der Waals surface area contributed by atoms with Gasteiger partial charge in [-0.05, 0) is 22.6 Å². The number of hydrogen-bond donors (Lipinski definition) is 1. The van der Waals surface area contributed by atoms with Crippen LogP contribution in [0.1, 0.15) is 42.4 Å². The third-order valence-electron chi connectivity index (χ3n) is 4.23. The van der Waals surface area contributed by atoms with Crippen molar-refractivity contribution in [2.45, 2.75) is 32.7 Å². The van der Waals surface area contributed by atoms with E-state index in [0.29, 0.717) is 12.2 Å². The Morgan fingerprint density at radius 3 is 2.42 bits per heavy atom. The second-order valence-electron chi connectivity index (χ2n) is 7.12. The van der Waals surface area contributed by atoms with Crippen molar-refractivity contribution in [2.75, 3.05) is 0 Å². The summed E-state index contributed by atoms with van der Waals surface area (Å²) in [5, 5.41) is 8.25. The average Bonchev–Trinajstić information content (AvgIpc) is 2.88. The summed E-state index contributed by atoms with van der Waals surface area (Å²) in [6.07, 6.45) is 0. The SMILES string of the molecule is Cn1nc2ccccc2c1C(=O)NCc1ccc(C(C)(C)C)cc1. The van der Waals surface area contributed by atoms with Crippen LogP contribution < -0.4 is 5.32 Å². The molecular formula is C20H23N3O. The highest BCUT2D eigenvalue weighted by molar-refractivity contribution is 6.04. The molecule has 4 nitrogen and oxygen atoms in total. The van der Waals surface area contributed by atoms with Gasteiger partial charge in [0.2, 0.25) is 0 Å². The van der Waals surface area contributed by atoms with E-state index in [0.717, 1.165) is 16.5 Å². The highest BCUT2D eigenvalue weighted by Crippen LogP contribution is 2.22. The van der Waals surface area contributed by atoms with E-state index in [1.165, 1.54) is 5.56 Å². The molecule has 0 saturated carbocycles. The molecule has 0 saturated heterocycles. The molecule has 0 fully saturated rings. The van der Waals surface area contributed by atoms with Crippen molar-refractivity contribution < 1.29 is 4.79 Å². The van der Waals surface area contributed by atoms with E-state index in [9.17, 15) is 4.79 Å². The molecule has 1 amide bonds. The molecule has 1 heterocycles. The van der Waals surface area contributed by atoms with E-state index < -0.39 is 0 Å². The predicted octanol–water partition coefficient (Wildman–Crippen LogP) is 3.80. The molecule has 3 rings (SSSR count). The summed E-state index contributed by atoms with van der Waals surface area (Å²) in [6, 6.07) is 16.1. The van der Waals surface area contributed by atoms with Crippen molar-refractivity contribution in [2.24, 2.45) is 7.05 Å². The Hall–Kier alpha value is -2.62. The maximum absolute atomic E-state index is 12.6. The van der Waals surface area contributed by atoms with Crippen molar-refractivity contribution in [3.05, 3.63) is 65.4 Å². The number of aromatic nitrogens is 2. The van der Waals surface area contributed by atoms with Crippen molar-refractivity contribution in [3.8, 4) is 0 Å². The first kappa shape index (κ1) is 16.2. The van der Waals surface area contributed by atoms with Crippen LogP contribution in [-0.2, 0) is 19.0 Å². The lowest BCUT2D eigenvalue weighted by atomic mass is 9.87. The standard InChI is InChI=1S/C20H23N3O/c1-20(2,3)15-11-9-14(10-12-15)13-21-19(24)18-16-7-5-6-8-17(16)22-23(18)4/h5-12H,13H2,1-4H3,(H,21,24). The average molecular weight is 321 g/mol. The molecule has 0 aliphatic heterocycles. The summed E-state index contributed by atoms with van der Waals surface area (Å²) in [5.41, 5.74) is 3.93. The van der Waals surface area contributed by atoms with Crippen LogP contribution in [0.5, 0.6) is 0 Å². The summed E-state index contributed by atoms with van der Waals surface area (Å²) in [7, 11) is 1.80. The Bertz CT molecular complexity index is 870. The normalized spacial score (nSPS) is 11.7. The van der Waals surface area contributed by atoms with Gasteiger partial charge in [0.1, 0.15) is 5.69 Å². The minimum atomic E-state index is -0.105. The quantitative estimate of drug-likeness (QED) is 0.797. The second-order valence-corrected chi connectivity index (χ2v) is 7.12. The highest BCUT2D eigenvalue weighted by Gasteiger charge is 2.16. The molecule has 3 aromatic rings. The molecule has 0 bridgehead atoms. The second kappa shape index (κ2) is 6.11. The van der Waals surface area contributed by atoms with Crippen LogP contribution in [-0.4, -0.2) is 15.7 Å². The van der Waals surface area contributed by atoms with Crippen LogP contribution in [0.2, 0.25) is 0 Å². The summed E-state index contributed by atoms with van der Waals surface area (Å²) in [4.78, 5) is 12.6. The smallest absolute Gasteiger partial charge is 0.270 e. The van der Waals surface area contributed by atoms with Gasteiger partial charge in [-0.1, -0.05) is 63.2 Å². The van der Waals surface area contributed by atoms with E-state index in [-0.39, 0.29) is 11.3 Å². The van der Waals surface area contributed by atoms with Gasteiger partial charge in [-0.3, -0.25) is 9.48 Å². The molecule has 124 valence electrons. The number of amides is 1. The molecule has 0 spiro atoms. The molecule has 0 aliphatic rings. The van der Waals surface area contributed by atoms with Gasteiger partial charge < -0.3 is 5.32 Å². The van der Waals surface area contributed by atoms with Gasteiger partial charge in [0.15, 0.2) is 0 Å².